The Morgan fingerprint density at radius 2 is 2.23 bits per heavy atom. The average molecular weight is 322 g/mol. The molecule has 2 aliphatic rings. The molecule has 1 aliphatic carbocycles. The predicted octanol–water partition coefficient (Wildman–Crippen LogP) is 2.36. The van der Waals surface area contributed by atoms with Crippen molar-refractivity contribution in [2.45, 2.75) is 38.4 Å². The number of piperidine rings is 1. The first-order valence-electron chi connectivity index (χ1n) is 7.72. The molecule has 2 fully saturated rings. The number of halogens is 1. The van der Waals surface area contributed by atoms with E-state index in [0.29, 0.717) is 11.6 Å². The number of nitriles is 1. The number of rotatable bonds is 3. The lowest BCUT2D eigenvalue weighted by Gasteiger charge is -2.56. The zero-order chi connectivity index (χ0) is 15.7. The van der Waals surface area contributed by atoms with Crippen LogP contribution in [0.15, 0.2) is 12.1 Å². The zero-order valence-electron chi connectivity index (χ0n) is 12.6. The fraction of sp³-hybridized carbons (Fsp3) is 0.625. The SMILES string of the molecule is CCO[C@@H]1C[C@H](O)C12CCN(c1ccc(Cl)c(C#N)n1)CC2. The van der Waals surface area contributed by atoms with Gasteiger partial charge < -0.3 is 14.7 Å². The van der Waals surface area contributed by atoms with Gasteiger partial charge in [0.25, 0.3) is 0 Å². The van der Waals surface area contributed by atoms with Crippen molar-refractivity contribution in [1.82, 2.24) is 4.98 Å². The van der Waals surface area contributed by atoms with E-state index in [4.69, 9.17) is 21.6 Å². The van der Waals surface area contributed by atoms with Crippen LogP contribution >= 0.6 is 11.6 Å². The molecule has 1 spiro atoms. The maximum Gasteiger partial charge on any atom is 0.161 e. The summed E-state index contributed by atoms with van der Waals surface area (Å²) in [6.45, 7) is 4.29. The first-order valence-corrected chi connectivity index (χ1v) is 8.10. The fourth-order valence-electron chi connectivity index (χ4n) is 3.66. The van der Waals surface area contributed by atoms with Gasteiger partial charge in [0.05, 0.1) is 17.2 Å². The fourth-order valence-corrected chi connectivity index (χ4v) is 3.80. The van der Waals surface area contributed by atoms with E-state index >= 15 is 0 Å². The first kappa shape index (κ1) is 15.5. The number of ether oxygens (including phenoxy) is 1. The molecule has 0 aromatic carbocycles. The van der Waals surface area contributed by atoms with Gasteiger partial charge in [-0.2, -0.15) is 5.26 Å². The quantitative estimate of drug-likeness (QED) is 0.925. The predicted molar refractivity (Wildman–Crippen MR) is 83.9 cm³/mol. The second kappa shape index (κ2) is 6.04. The molecular weight excluding hydrogens is 302 g/mol. The summed E-state index contributed by atoms with van der Waals surface area (Å²) in [6, 6.07) is 5.58. The smallest absolute Gasteiger partial charge is 0.161 e. The molecule has 0 amide bonds. The first-order chi connectivity index (χ1) is 10.6. The van der Waals surface area contributed by atoms with Crippen molar-refractivity contribution in [1.29, 1.82) is 5.26 Å². The number of anilines is 1. The van der Waals surface area contributed by atoms with Gasteiger partial charge in [-0.15, -0.1) is 0 Å². The maximum absolute atomic E-state index is 10.2. The summed E-state index contributed by atoms with van der Waals surface area (Å²) in [5, 5.41) is 19.6. The zero-order valence-corrected chi connectivity index (χ0v) is 13.4. The highest BCUT2D eigenvalue weighted by Crippen LogP contribution is 2.51. The van der Waals surface area contributed by atoms with Crippen molar-refractivity contribution in [3.05, 3.63) is 22.8 Å². The minimum atomic E-state index is -0.265. The van der Waals surface area contributed by atoms with Crippen LogP contribution < -0.4 is 4.90 Å². The Hall–Kier alpha value is -1.35. The monoisotopic (exact) mass is 321 g/mol. The van der Waals surface area contributed by atoms with E-state index in [1.165, 1.54) is 0 Å². The molecule has 6 heteroatoms. The molecule has 118 valence electrons. The molecule has 0 unspecified atom stereocenters. The summed E-state index contributed by atoms with van der Waals surface area (Å²) in [7, 11) is 0. The number of aromatic nitrogens is 1. The maximum atomic E-state index is 10.2. The van der Waals surface area contributed by atoms with Crippen molar-refractivity contribution in [3.63, 3.8) is 0 Å². The van der Waals surface area contributed by atoms with Crippen molar-refractivity contribution < 1.29 is 9.84 Å². The van der Waals surface area contributed by atoms with E-state index in [1.54, 1.807) is 6.07 Å². The third-order valence-electron chi connectivity index (χ3n) is 5.07. The Kier molecular flexibility index (Phi) is 4.26. The summed E-state index contributed by atoms with van der Waals surface area (Å²) in [5.41, 5.74) is 0.159. The lowest BCUT2D eigenvalue weighted by molar-refractivity contribution is -0.199. The Morgan fingerprint density at radius 3 is 2.82 bits per heavy atom. The van der Waals surface area contributed by atoms with E-state index in [9.17, 15) is 5.11 Å². The number of aliphatic hydroxyl groups is 1. The largest absolute Gasteiger partial charge is 0.392 e. The van der Waals surface area contributed by atoms with E-state index < -0.39 is 0 Å². The molecule has 22 heavy (non-hydrogen) atoms. The molecule has 0 radical (unpaired) electrons. The lowest BCUT2D eigenvalue weighted by Crippen LogP contribution is -2.62. The lowest BCUT2D eigenvalue weighted by atomic mass is 9.58. The molecule has 1 aromatic rings. The second-order valence-corrected chi connectivity index (χ2v) is 6.43. The van der Waals surface area contributed by atoms with Crippen LogP contribution in [0.5, 0.6) is 0 Å². The summed E-state index contributed by atoms with van der Waals surface area (Å²) in [4.78, 5) is 6.47. The molecule has 0 bridgehead atoms. The minimum absolute atomic E-state index is 0.100. The van der Waals surface area contributed by atoms with Gasteiger partial charge in [-0.25, -0.2) is 4.98 Å². The van der Waals surface area contributed by atoms with Crippen LogP contribution in [0.4, 0.5) is 5.82 Å². The minimum Gasteiger partial charge on any atom is -0.392 e. The van der Waals surface area contributed by atoms with Crippen LogP contribution in [0.25, 0.3) is 0 Å². The third kappa shape index (κ3) is 2.45. The van der Waals surface area contributed by atoms with Gasteiger partial charge in [-0.05, 0) is 31.9 Å². The molecule has 5 nitrogen and oxygen atoms in total. The second-order valence-electron chi connectivity index (χ2n) is 6.03. The van der Waals surface area contributed by atoms with E-state index in [0.717, 1.165) is 38.2 Å². The molecule has 1 saturated heterocycles. The summed E-state index contributed by atoms with van der Waals surface area (Å²) in [5.74, 6) is 0.776. The number of aliphatic hydroxyl groups excluding tert-OH is 1. The normalized spacial score (nSPS) is 26.5. The number of nitrogens with zero attached hydrogens (tertiary/aromatic N) is 3. The van der Waals surface area contributed by atoms with Gasteiger partial charge >= 0.3 is 0 Å². The van der Waals surface area contributed by atoms with Crippen molar-refractivity contribution in [2.24, 2.45) is 5.41 Å². The topological polar surface area (TPSA) is 69.4 Å². The molecule has 2 atom stereocenters. The average Bonchev–Trinajstić information content (AvgIpc) is 2.55. The van der Waals surface area contributed by atoms with Gasteiger partial charge in [0.2, 0.25) is 0 Å². The van der Waals surface area contributed by atoms with Gasteiger partial charge in [-0.3, -0.25) is 0 Å². The van der Waals surface area contributed by atoms with Gasteiger partial charge in [-0.1, -0.05) is 11.6 Å². The highest BCUT2D eigenvalue weighted by Gasteiger charge is 2.56. The van der Waals surface area contributed by atoms with Crippen molar-refractivity contribution in [2.75, 3.05) is 24.6 Å². The molecule has 3 rings (SSSR count). The highest BCUT2D eigenvalue weighted by atomic mass is 35.5. The van der Waals surface area contributed by atoms with E-state index in [1.807, 2.05) is 19.1 Å². The van der Waals surface area contributed by atoms with Gasteiger partial charge in [0.1, 0.15) is 11.9 Å². The van der Waals surface area contributed by atoms with Crippen LogP contribution in [0.3, 0.4) is 0 Å². The Morgan fingerprint density at radius 1 is 1.50 bits per heavy atom. The number of pyridine rings is 1. The van der Waals surface area contributed by atoms with Crippen LogP contribution in [-0.2, 0) is 4.74 Å². The van der Waals surface area contributed by atoms with E-state index in [2.05, 4.69) is 9.88 Å². The van der Waals surface area contributed by atoms with Crippen molar-refractivity contribution in [3.8, 4) is 6.07 Å². The van der Waals surface area contributed by atoms with Crippen LogP contribution in [-0.4, -0.2) is 42.0 Å². The highest BCUT2D eigenvalue weighted by molar-refractivity contribution is 6.31. The molecule has 1 aliphatic heterocycles. The van der Waals surface area contributed by atoms with Gasteiger partial charge in [0, 0.05) is 31.5 Å². The molecule has 1 aromatic heterocycles. The molecule has 1 N–H and O–H groups in total. The standard InChI is InChI=1S/C16H20ClN3O2/c1-2-22-14-9-13(21)16(14)5-7-20(8-6-16)15-4-3-11(17)12(10-18)19-15/h3-4,13-14,21H,2,5-9H2,1H3/t13-,14+/m0/s1. The Bertz CT molecular complexity index is 592. The third-order valence-corrected chi connectivity index (χ3v) is 5.37. The summed E-state index contributed by atoms with van der Waals surface area (Å²) in [6.07, 6.45) is 2.41. The van der Waals surface area contributed by atoms with Crippen LogP contribution in [0.2, 0.25) is 5.02 Å². The summed E-state index contributed by atoms with van der Waals surface area (Å²) < 4.78 is 5.78. The summed E-state index contributed by atoms with van der Waals surface area (Å²) >= 11 is 5.93. The number of hydrogen-bond acceptors (Lipinski definition) is 5. The van der Waals surface area contributed by atoms with E-state index in [-0.39, 0.29) is 23.3 Å². The Labute approximate surface area is 135 Å². The van der Waals surface area contributed by atoms with Crippen LogP contribution in [0.1, 0.15) is 31.9 Å². The van der Waals surface area contributed by atoms with Crippen LogP contribution in [0, 0.1) is 16.7 Å². The molecule has 2 heterocycles. The number of hydrogen-bond donors (Lipinski definition) is 1. The Balaban J connectivity index is 1.71. The van der Waals surface area contributed by atoms with Gasteiger partial charge in [0.15, 0.2) is 5.69 Å². The molecular formula is C16H20ClN3O2. The van der Waals surface area contributed by atoms with Crippen molar-refractivity contribution >= 4 is 17.4 Å². The molecule has 1 saturated carbocycles.